The molecule has 0 spiro atoms. The Kier molecular flexibility index (Phi) is 1.71. The maximum absolute atomic E-state index is 5.36. The highest BCUT2D eigenvalue weighted by molar-refractivity contribution is 5.62. The van der Waals surface area contributed by atoms with E-state index in [1.807, 2.05) is 6.07 Å². The number of rotatable bonds is 0. The lowest BCUT2D eigenvalue weighted by atomic mass is 10.1. The van der Waals surface area contributed by atoms with Gasteiger partial charge in [0, 0.05) is 12.7 Å². The fourth-order valence-electron chi connectivity index (χ4n) is 1.48. The van der Waals surface area contributed by atoms with E-state index in [1.165, 1.54) is 0 Å². The smallest absolute Gasteiger partial charge is 0.0718 e. The first-order chi connectivity index (χ1) is 5.92. The molecule has 0 saturated heterocycles. The standard InChI is InChI=1S/C10H10N2/c1-2-8-5-7-11-9-4-3-6-12-10(8)9/h1,5,7,12H,3-4,6H2. The minimum absolute atomic E-state index is 0.930. The van der Waals surface area contributed by atoms with Crippen LogP contribution in [0.3, 0.4) is 0 Å². The van der Waals surface area contributed by atoms with Gasteiger partial charge in [-0.2, -0.15) is 0 Å². The van der Waals surface area contributed by atoms with Crippen LogP contribution >= 0.6 is 0 Å². The summed E-state index contributed by atoms with van der Waals surface area (Å²) in [6.07, 6.45) is 9.32. The van der Waals surface area contributed by atoms with E-state index in [-0.39, 0.29) is 0 Å². The summed E-state index contributed by atoms with van der Waals surface area (Å²) in [5.41, 5.74) is 3.10. The lowest BCUT2D eigenvalue weighted by Gasteiger charge is -2.17. The van der Waals surface area contributed by atoms with Crippen molar-refractivity contribution in [1.82, 2.24) is 4.98 Å². The topological polar surface area (TPSA) is 24.9 Å². The van der Waals surface area contributed by atoms with Gasteiger partial charge in [-0.05, 0) is 18.9 Å². The van der Waals surface area contributed by atoms with Gasteiger partial charge in [-0.1, -0.05) is 5.92 Å². The summed E-state index contributed by atoms with van der Waals surface area (Å²) in [6.45, 7) is 1.01. The summed E-state index contributed by atoms with van der Waals surface area (Å²) in [5, 5.41) is 3.28. The van der Waals surface area contributed by atoms with Crippen molar-refractivity contribution in [2.45, 2.75) is 12.8 Å². The van der Waals surface area contributed by atoms with Gasteiger partial charge in [0.15, 0.2) is 0 Å². The molecular formula is C10H10N2. The predicted octanol–water partition coefficient (Wildman–Crippen LogP) is 1.42. The van der Waals surface area contributed by atoms with Gasteiger partial charge < -0.3 is 5.32 Å². The molecule has 12 heavy (non-hydrogen) atoms. The zero-order chi connectivity index (χ0) is 8.39. The van der Waals surface area contributed by atoms with Gasteiger partial charge in [-0.15, -0.1) is 6.42 Å². The normalized spacial score (nSPS) is 14.2. The number of aromatic nitrogens is 1. The molecule has 0 atom stereocenters. The Balaban J connectivity index is 2.53. The van der Waals surface area contributed by atoms with E-state index in [0.717, 1.165) is 36.3 Å². The summed E-state index contributed by atoms with van der Waals surface area (Å²) >= 11 is 0. The number of hydrogen-bond acceptors (Lipinski definition) is 2. The Morgan fingerprint density at radius 1 is 1.58 bits per heavy atom. The largest absolute Gasteiger partial charge is 0.383 e. The van der Waals surface area contributed by atoms with Crippen molar-refractivity contribution in [3.8, 4) is 12.3 Å². The maximum Gasteiger partial charge on any atom is 0.0718 e. The lowest BCUT2D eigenvalue weighted by molar-refractivity contribution is 0.801. The summed E-state index contributed by atoms with van der Waals surface area (Å²) in [5.74, 6) is 2.65. The molecule has 0 fully saturated rings. The maximum atomic E-state index is 5.36. The summed E-state index contributed by atoms with van der Waals surface area (Å²) < 4.78 is 0. The quantitative estimate of drug-likeness (QED) is 0.577. The number of nitrogens with one attached hydrogen (secondary N) is 1. The van der Waals surface area contributed by atoms with Crippen molar-refractivity contribution < 1.29 is 0 Å². The highest BCUT2D eigenvalue weighted by Gasteiger charge is 2.11. The Bertz CT molecular complexity index is 336. The van der Waals surface area contributed by atoms with E-state index in [0.29, 0.717) is 0 Å². The van der Waals surface area contributed by atoms with Crippen LogP contribution < -0.4 is 5.32 Å². The van der Waals surface area contributed by atoms with Crippen LogP contribution in [0.15, 0.2) is 12.3 Å². The molecule has 2 heteroatoms. The fraction of sp³-hybridized carbons (Fsp3) is 0.300. The van der Waals surface area contributed by atoms with Crippen LogP contribution in [0.25, 0.3) is 0 Å². The minimum Gasteiger partial charge on any atom is -0.383 e. The molecule has 0 amide bonds. The number of hydrogen-bond donors (Lipinski definition) is 1. The summed E-state index contributed by atoms with van der Waals surface area (Å²) in [7, 11) is 0. The van der Waals surface area contributed by atoms with Gasteiger partial charge in [-0.3, -0.25) is 4.98 Å². The lowest BCUT2D eigenvalue weighted by Crippen LogP contribution is -2.14. The average Bonchev–Trinajstić information content (AvgIpc) is 2.17. The SMILES string of the molecule is C#Cc1ccnc2c1NCCC2. The second-order valence-electron chi connectivity index (χ2n) is 2.85. The second kappa shape index (κ2) is 2.86. The van der Waals surface area contributed by atoms with Gasteiger partial charge in [0.05, 0.1) is 16.9 Å². The summed E-state index contributed by atoms with van der Waals surface area (Å²) in [4.78, 5) is 4.27. The van der Waals surface area contributed by atoms with Gasteiger partial charge >= 0.3 is 0 Å². The molecule has 60 valence electrons. The van der Waals surface area contributed by atoms with E-state index in [4.69, 9.17) is 6.42 Å². The third-order valence-electron chi connectivity index (χ3n) is 2.08. The predicted molar refractivity (Wildman–Crippen MR) is 49.0 cm³/mol. The minimum atomic E-state index is 0.930. The number of terminal acetylenes is 1. The van der Waals surface area contributed by atoms with Gasteiger partial charge in [0.2, 0.25) is 0 Å². The molecule has 1 aliphatic rings. The number of nitrogens with zero attached hydrogens (tertiary/aromatic N) is 1. The molecular weight excluding hydrogens is 148 g/mol. The first-order valence-corrected chi connectivity index (χ1v) is 4.10. The molecule has 0 bridgehead atoms. The second-order valence-corrected chi connectivity index (χ2v) is 2.85. The van der Waals surface area contributed by atoms with Crippen molar-refractivity contribution in [3.63, 3.8) is 0 Å². The Morgan fingerprint density at radius 3 is 3.33 bits per heavy atom. The van der Waals surface area contributed by atoms with Crippen LogP contribution in [-0.4, -0.2) is 11.5 Å². The number of pyridine rings is 1. The van der Waals surface area contributed by atoms with Crippen molar-refractivity contribution in [2.24, 2.45) is 0 Å². The Morgan fingerprint density at radius 2 is 2.50 bits per heavy atom. The van der Waals surface area contributed by atoms with Crippen molar-refractivity contribution in [1.29, 1.82) is 0 Å². The number of anilines is 1. The molecule has 1 aliphatic heterocycles. The molecule has 0 radical (unpaired) electrons. The third kappa shape index (κ3) is 1.04. The number of aryl methyl sites for hydroxylation is 1. The molecule has 0 aliphatic carbocycles. The number of fused-ring (bicyclic) bond motifs is 1. The van der Waals surface area contributed by atoms with Crippen LogP contribution in [0.2, 0.25) is 0 Å². The monoisotopic (exact) mass is 158 g/mol. The molecule has 2 nitrogen and oxygen atoms in total. The van der Waals surface area contributed by atoms with Crippen LogP contribution in [0, 0.1) is 12.3 Å². The zero-order valence-corrected chi connectivity index (χ0v) is 6.80. The zero-order valence-electron chi connectivity index (χ0n) is 6.80. The molecule has 2 rings (SSSR count). The van der Waals surface area contributed by atoms with Crippen LogP contribution in [0.1, 0.15) is 17.7 Å². The van der Waals surface area contributed by atoms with E-state index in [2.05, 4.69) is 16.2 Å². The molecule has 0 unspecified atom stereocenters. The molecule has 1 aromatic rings. The van der Waals surface area contributed by atoms with E-state index in [9.17, 15) is 0 Å². The first-order valence-electron chi connectivity index (χ1n) is 4.10. The molecule has 0 aromatic carbocycles. The van der Waals surface area contributed by atoms with Gasteiger partial charge in [-0.25, -0.2) is 0 Å². The highest BCUT2D eigenvalue weighted by atomic mass is 14.9. The van der Waals surface area contributed by atoms with Crippen molar-refractivity contribution in [2.75, 3.05) is 11.9 Å². The fourth-order valence-corrected chi connectivity index (χ4v) is 1.48. The average molecular weight is 158 g/mol. The molecule has 0 saturated carbocycles. The van der Waals surface area contributed by atoms with E-state index in [1.54, 1.807) is 6.20 Å². The van der Waals surface area contributed by atoms with Gasteiger partial charge in [0.25, 0.3) is 0 Å². The van der Waals surface area contributed by atoms with E-state index >= 15 is 0 Å². The molecule has 1 aromatic heterocycles. The van der Waals surface area contributed by atoms with Crippen LogP contribution in [-0.2, 0) is 6.42 Å². The van der Waals surface area contributed by atoms with Crippen LogP contribution in [0.5, 0.6) is 0 Å². The molecule has 1 N–H and O–H groups in total. The third-order valence-corrected chi connectivity index (χ3v) is 2.08. The first kappa shape index (κ1) is 7.17. The van der Waals surface area contributed by atoms with Crippen molar-refractivity contribution in [3.05, 3.63) is 23.5 Å². The summed E-state index contributed by atoms with van der Waals surface area (Å²) in [6, 6.07) is 1.87. The van der Waals surface area contributed by atoms with Gasteiger partial charge in [0.1, 0.15) is 0 Å². The van der Waals surface area contributed by atoms with Crippen molar-refractivity contribution >= 4 is 5.69 Å². The molecule has 2 heterocycles. The van der Waals surface area contributed by atoms with E-state index < -0.39 is 0 Å². The Hall–Kier alpha value is -1.49. The Labute approximate surface area is 72.0 Å². The van der Waals surface area contributed by atoms with Crippen LogP contribution in [0.4, 0.5) is 5.69 Å². The highest BCUT2D eigenvalue weighted by Crippen LogP contribution is 2.22.